The molecule has 1 fully saturated rings. The van der Waals surface area contributed by atoms with E-state index in [1.807, 2.05) is 0 Å². The molecule has 3 heterocycles. The first kappa shape index (κ1) is 14.4. The van der Waals surface area contributed by atoms with Crippen LogP contribution in [-0.4, -0.2) is 51.0 Å². The lowest BCUT2D eigenvalue weighted by molar-refractivity contribution is -0.136. The second-order valence-corrected chi connectivity index (χ2v) is 5.28. The van der Waals surface area contributed by atoms with Gasteiger partial charge in [-0.1, -0.05) is 0 Å². The summed E-state index contributed by atoms with van der Waals surface area (Å²) in [6.07, 6.45) is 5.36. The molecular weight excluding hydrogens is 286 g/mol. The Hall–Kier alpha value is -2.57. The molecule has 116 valence electrons. The standard InChI is InChI=1S/C15H17N3O4/c19-13(17-5-1-2-6-17)10-22-12-4-3-7-18-9-11(8-14(20)21)16-15(12)18/h3-4,7,9H,1-2,5-6,8,10H2,(H,20,21). The molecule has 0 aromatic carbocycles. The Bertz CT molecular complexity index is 704. The van der Waals surface area contributed by atoms with Gasteiger partial charge in [-0.05, 0) is 25.0 Å². The minimum absolute atomic E-state index is 0.0270. The molecule has 22 heavy (non-hydrogen) atoms. The number of carboxylic acid groups (broad SMARTS) is 1. The molecule has 0 aliphatic carbocycles. The fourth-order valence-corrected chi connectivity index (χ4v) is 2.59. The van der Waals surface area contributed by atoms with Crippen molar-refractivity contribution in [2.45, 2.75) is 19.3 Å². The average molecular weight is 303 g/mol. The highest BCUT2D eigenvalue weighted by molar-refractivity contribution is 5.78. The number of hydrogen-bond acceptors (Lipinski definition) is 4. The highest BCUT2D eigenvalue weighted by Crippen LogP contribution is 2.19. The van der Waals surface area contributed by atoms with Gasteiger partial charge in [-0.3, -0.25) is 9.59 Å². The zero-order valence-corrected chi connectivity index (χ0v) is 12.1. The number of ether oxygens (including phenoxy) is 1. The van der Waals surface area contributed by atoms with Crippen LogP contribution in [0.3, 0.4) is 0 Å². The van der Waals surface area contributed by atoms with E-state index in [2.05, 4.69) is 4.98 Å². The van der Waals surface area contributed by atoms with E-state index in [1.165, 1.54) is 0 Å². The van der Waals surface area contributed by atoms with Gasteiger partial charge in [0.15, 0.2) is 18.0 Å². The van der Waals surface area contributed by atoms with E-state index in [-0.39, 0.29) is 18.9 Å². The van der Waals surface area contributed by atoms with Gasteiger partial charge < -0.3 is 19.1 Å². The number of pyridine rings is 1. The smallest absolute Gasteiger partial charge is 0.309 e. The van der Waals surface area contributed by atoms with Crippen molar-refractivity contribution in [2.24, 2.45) is 0 Å². The van der Waals surface area contributed by atoms with Crippen molar-refractivity contribution in [3.05, 3.63) is 30.2 Å². The monoisotopic (exact) mass is 303 g/mol. The minimum atomic E-state index is -0.935. The fraction of sp³-hybridized carbons (Fsp3) is 0.400. The summed E-state index contributed by atoms with van der Waals surface area (Å²) < 4.78 is 7.29. The Morgan fingerprint density at radius 3 is 2.82 bits per heavy atom. The molecule has 7 nitrogen and oxygen atoms in total. The number of carbonyl (C=O) groups excluding carboxylic acids is 1. The number of nitrogens with zero attached hydrogens (tertiary/aromatic N) is 3. The number of rotatable bonds is 5. The molecule has 3 rings (SSSR count). The number of carbonyl (C=O) groups is 2. The minimum Gasteiger partial charge on any atom is -0.481 e. The normalized spacial score (nSPS) is 14.5. The first-order valence-electron chi connectivity index (χ1n) is 7.22. The van der Waals surface area contributed by atoms with Crippen molar-refractivity contribution < 1.29 is 19.4 Å². The van der Waals surface area contributed by atoms with Crippen molar-refractivity contribution in [3.8, 4) is 5.75 Å². The quantitative estimate of drug-likeness (QED) is 0.889. The predicted octanol–water partition coefficient (Wildman–Crippen LogP) is 0.963. The summed E-state index contributed by atoms with van der Waals surface area (Å²) in [5, 5.41) is 8.83. The molecule has 0 spiro atoms. The molecule has 1 saturated heterocycles. The third kappa shape index (κ3) is 3.03. The topological polar surface area (TPSA) is 84.1 Å². The summed E-state index contributed by atoms with van der Waals surface area (Å²) in [6.45, 7) is 1.55. The van der Waals surface area contributed by atoms with Crippen LogP contribution in [0.15, 0.2) is 24.5 Å². The molecule has 0 atom stereocenters. The van der Waals surface area contributed by atoms with Gasteiger partial charge in [0.1, 0.15) is 0 Å². The molecule has 0 radical (unpaired) electrons. The van der Waals surface area contributed by atoms with Crippen LogP contribution in [0.5, 0.6) is 5.75 Å². The van der Waals surface area contributed by atoms with Gasteiger partial charge >= 0.3 is 5.97 Å². The van der Waals surface area contributed by atoms with Crippen LogP contribution in [0.25, 0.3) is 5.65 Å². The highest BCUT2D eigenvalue weighted by atomic mass is 16.5. The summed E-state index contributed by atoms with van der Waals surface area (Å²) in [5.41, 5.74) is 0.974. The molecule has 1 amide bonds. The lowest BCUT2D eigenvalue weighted by Gasteiger charge is -2.15. The molecule has 1 aliphatic heterocycles. The number of aliphatic carboxylic acids is 1. The van der Waals surface area contributed by atoms with E-state index in [1.54, 1.807) is 33.8 Å². The first-order valence-corrected chi connectivity index (χ1v) is 7.22. The SMILES string of the molecule is O=C(O)Cc1cn2cccc(OCC(=O)N3CCCC3)c2n1. The van der Waals surface area contributed by atoms with Gasteiger partial charge in [0, 0.05) is 25.5 Å². The molecule has 2 aromatic heterocycles. The third-order valence-electron chi connectivity index (χ3n) is 3.64. The average Bonchev–Trinajstić information content (AvgIpc) is 3.12. The van der Waals surface area contributed by atoms with Crippen molar-refractivity contribution in [1.29, 1.82) is 0 Å². The van der Waals surface area contributed by atoms with Crippen LogP contribution in [0.1, 0.15) is 18.5 Å². The van der Waals surface area contributed by atoms with Gasteiger partial charge in [0.25, 0.3) is 5.91 Å². The maximum absolute atomic E-state index is 12.0. The maximum atomic E-state index is 12.0. The largest absolute Gasteiger partial charge is 0.481 e. The fourth-order valence-electron chi connectivity index (χ4n) is 2.59. The maximum Gasteiger partial charge on any atom is 0.309 e. The van der Waals surface area contributed by atoms with Gasteiger partial charge in [-0.2, -0.15) is 0 Å². The Labute approximate surface area is 127 Å². The number of imidazole rings is 1. The lowest BCUT2D eigenvalue weighted by Crippen LogP contribution is -2.32. The molecule has 2 aromatic rings. The lowest BCUT2D eigenvalue weighted by atomic mass is 10.3. The van der Waals surface area contributed by atoms with Crippen LogP contribution < -0.4 is 4.74 Å². The second kappa shape index (κ2) is 6.05. The number of carboxylic acids is 1. The molecule has 0 saturated carbocycles. The Morgan fingerprint density at radius 2 is 2.09 bits per heavy atom. The van der Waals surface area contributed by atoms with Gasteiger partial charge in [-0.25, -0.2) is 4.98 Å². The number of fused-ring (bicyclic) bond motifs is 1. The number of likely N-dealkylation sites (tertiary alicyclic amines) is 1. The molecular formula is C15H17N3O4. The molecule has 1 aliphatic rings. The van der Waals surface area contributed by atoms with Gasteiger partial charge in [0.05, 0.1) is 12.1 Å². The summed E-state index contributed by atoms with van der Waals surface area (Å²) in [5.74, 6) is -0.487. The van der Waals surface area contributed by atoms with Crippen molar-refractivity contribution in [1.82, 2.24) is 14.3 Å². The summed E-state index contributed by atoms with van der Waals surface area (Å²) in [4.78, 5) is 28.8. The van der Waals surface area contributed by atoms with Crippen LogP contribution in [0.4, 0.5) is 0 Å². The van der Waals surface area contributed by atoms with Crippen molar-refractivity contribution >= 4 is 17.5 Å². The molecule has 7 heteroatoms. The summed E-state index contributed by atoms with van der Waals surface area (Å²) in [6, 6.07) is 3.50. The van der Waals surface area contributed by atoms with E-state index >= 15 is 0 Å². The van der Waals surface area contributed by atoms with Crippen LogP contribution in [0, 0.1) is 0 Å². The van der Waals surface area contributed by atoms with E-state index < -0.39 is 5.97 Å². The van der Waals surface area contributed by atoms with Crippen molar-refractivity contribution in [2.75, 3.05) is 19.7 Å². The predicted molar refractivity (Wildman–Crippen MR) is 77.8 cm³/mol. The Kier molecular flexibility index (Phi) is 3.95. The van der Waals surface area contributed by atoms with Gasteiger partial charge in [0.2, 0.25) is 0 Å². The third-order valence-corrected chi connectivity index (χ3v) is 3.64. The summed E-state index contributed by atoms with van der Waals surface area (Å²) in [7, 11) is 0. The Balaban J connectivity index is 1.73. The van der Waals surface area contributed by atoms with Crippen LogP contribution in [0.2, 0.25) is 0 Å². The van der Waals surface area contributed by atoms with E-state index in [0.29, 0.717) is 17.1 Å². The van der Waals surface area contributed by atoms with Crippen LogP contribution in [-0.2, 0) is 16.0 Å². The molecule has 0 unspecified atom stereocenters. The molecule has 0 bridgehead atoms. The van der Waals surface area contributed by atoms with Gasteiger partial charge in [-0.15, -0.1) is 0 Å². The summed E-state index contributed by atoms with van der Waals surface area (Å²) >= 11 is 0. The van der Waals surface area contributed by atoms with E-state index in [0.717, 1.165) is 25.9 Å². The van der Waals surface area contributed by atoms with E-state index in [9.17, 15) is 9.59 Å². The first-order chi connectivity index (χ1) is 10.6. The van der Waals surface area contributed by atoms with Crippen LogP contribution >= 0.6 is 0 Å². The molecule has 1 N–H and O–H groups in total. The van der Waals surface area contributed by atoms with E-state index in [4.69, 9.17) is 9.84 Å². The second-order valence-electron chi connectivity index (χ2n) is 5.28. The Morgan fingerprint density at radius 1 is 1.32 bits per heavy atom. The number of amides is 1. The van der Waals surface area contributed by atoms with Crippen molar-refractivity contribution in [3.63, 3.8) is 0 Å². The zero-order chi connectivity index (χ0) is 15.5. The highest BCUT2D eigenvalue weighted by Gasteiger charge is 2.19. The number of hydrogen-bond donors (Lipinski definition) is 1. The number of aromatic nitrogens is 2. The zero-order valence-electron chi connectivity index (χ0n) is 12.1.